The molecule has 4 aromatic rings. The van der Waals surface area contributed by atoms with Gasteiger partial charge in [0.1, 0.15) is 26.2 Å². The molecule has 2 amide bonds. The van der Waals surface area contributed by atoms with Crippen molar-refractivity contribution in [2.45, 2.75) is 36.3 Å². The Morgan fingerprint density at radius 2 is 1.55 bits per heavy atom. The lowest BCUT2D eigenvalue weighted by Gasteiger charge is -2.21. The first-order valence-corrected chi connectivity index (χ1v) is 14.0. The maximum Gasteiger partial charge on any atom is 0.412 e. The number of aromatic nitrogens is 1. The number of hydrogen-bond acceptors (Lipinski definition) is 6. The highest BCUT2D eigenvalue weighted by Crippen LogP contribution is 2.31. The predicted octanol–water partition coefficient (Wildman–Crippen LogP) is 7.61. The average molecular weight is 581 g/mol. The zero-order valence-electron chi connectivity index (χ0n) is 21.8. The molecule has 40 heavy (non-hydrogen) atoms. The van der Waals surface area contributed by atoms with Crippen LogP contribution in [0, 0.1) is 10.6 Å². The van der Waals surface area contributed by atoms with Crippen molar-refractivity contribution in [1.82, 2.24) is 4.98 Å². The second kappa shape index (κ2) is 11.4. The fourth-order valence-corrected chi connectivity index (χ4v) is 4.97. The van der Waals surface area contributed by atoms with E-state index in [0.29, 0.717) is 16.1 Å². The molecule has 1 atom stereocenters. The summed E-state index contributed by atoms with van der Waals surface area (Å²) in [5.41, 5.74) is 1.42. The van der Waals surface area contributed by atoms with E-state index in [1.165, 1.54) is 54.7 Å². The molecule has 0 saturated heterocycles. The minimum Gasteiger partial charge on any atom is -0.444 e. The number of hydrogen-bond donors (Lipinski definition) is 3. The van der Waals surface area contributed by atoms with Gasteiger partial charge in [-0.1, -0.05) is 29.8 Å². The molecular weight excluding hydrogens is 555 g/mol. The van der Waals surface area contributed by atoms with E-state index in [1.807, 2.05) is 0 Å². The van der Waals surface area contributed by atoms with Crippen LogP contribution in [0.25, 0.3) is 11.1 Å². The molecule has 0 aliphatic heterocycles. The first kappa shape index (κ1) is 28.7. The molecule has 3 N–H and O–H groups in total. The Labute approximate surface area is 236 Å². The highest BCUT2D eigenvalue weighted by Gasteiger charge is 2.20. The zero-order valence-corrected chi connectivity index (χ0v) is 23.4. The first-order valence-electron chi connectivity index (χ1n) is 12.0. The van der Waals surface area contributed by atoms with Crippen LogP contribution in [-0.4, -0.2) is 26.8 Å². The maximum atomic E-state index is 13.4. The molecule has 0 aliphatic carbocycles. The predicted molar refractivity (Wildman–Crippen MR) is 153 cm³/mol. The van der Waals surface area contributed by atoms with Crippen molar-refractivity contribution in [1.29, 1.82) is 4.78 Å². The van der Waals surface area contributed by atoms with Crippen LogP contribution in [-0.2, 0) is 14.5 Å². The molecule has 1 heterocycles. The van der Waals surface area contributed by atoms with Crippen molar-refractivity contribution in [3.05, 3.63) is 101 Å². The van der Waals surface area contributed by atoms with E-state index in [4.69, 9.17) is 21.1 Å². The SMILES string of the molecule is CC(C)(C)OC(=O)Nc1ccc(-c2ccc(F)cc2)cc1NC(=O)c1ccc(S(=N)(=O)c2ccc(Cl)cn2)cc1. The number of halogens is 2. The third-order valence-electron chi connectivity index (χ3n) is 5.52. The summed E-state index contributed by atoms with van der Waals surface area (Å²) in [6.45, 7) is 5.19. The number of ether oxygens (including phenoxy) is 1. The number of amides is 2. The van der Waals surface area contributed by atoms with E-state index in [0.717, 1.165) is 0 Å². The second-order valence-corrected chi connectivity index (χ2v) is 12.2. The monoisotopic (exact) mass is 580 g/mol. The summed E-state index contributed by atoms with van der Waals surface area (Å²) >= 11 is 5.84. The van der Waals surface area contributed by atoms with Gasteiger partial charge in [-0.25, -0.2) is 23.2 Å². The molecule has 0 radical (unpaired) electrons. The van der Waals surface area contributed by atoms with Gasteiger partial charge in [0, 0.05) is 11.8 Å². The van der Waals surface area contributed by atoms with Gasteiger partial charge in [0.05, 0.1) is 21.3 Å². The average Bonchev–Trinajstić information content (AvgIpc) is 2.89. The molecule has 0 spiro atoms. The molecular formula is C29H26ClFN4O4S. The van der Waals surface area contributed by atoms with Gasteiger partial charge in [-0.05, 0) is 92.6 Å². The third-order valence-corrected chi connectivity index (χ3v) is 7.51. The van der Waals surface area contributed by atoms with Gasteiger partial charge < -0.3 is 10.1 Å². The van der Waals surface area contributed by atoms with Crippen LogP contribution in [0.3, 0.4) is 0 Å². The molecule has 1 unspecified atom stereocenters. The Kier molecular flexibility index (Phi) is 8.22. The Morgan fingerprint density at radius 1 is 0.900 bits per heavy atom. The van der Waals surface area contributed by atoms with Crippen molar-refractivity contribution in [3.8, 4) is 11.1 Å². The van der Waals surface area contributed by atoms with Crippen LogP contribution >= 0.6 is 11.6 Å². The lowest BCUT2D eigenvalue weighted by molar-refractivity contribution is 0.0635. The smallest absolute Gasteiger partial charge is 0.412 e. The number of pyridine rings is 1. The minimum atomic E-state index is -3.42. The summed E-state index contributed by atoms with van der Waals surface area (Å²) in [4.78, 5) is 29.8. The van der Waals surface area contributed by atoms with Crippen molar-refractivity contribution in [2.75, 3.05) is 10.6 Å². The largest absolute Gasteiger partial charge is 0.444 e. The number of rotatable bonds is 6. The van der Waals surface area contributed by atoms with E-state index >= 15 is 0 Å². The third kappa shape index (κ3) is 7.02. The Morgan fingerprint density at radius 3 is 2.15 bits per heavy atom. The summed E-state index contributed by atoms with van der Waals surface area (Å²) in [7, 11) is -3.42. The fraction of sp³-hybridized carbons (Fsp3) is 0.138. The van der Waals surface area contributed by atoms with E-state index < -0.39 is 27.3 Å². The lowest BCUT2D eigenvalue weighted by Crippen LogP contribution is -2.27. The summed E-state index contributed by atoms with van der Waals surface area (Å²) in [6, 6.07) is 19.5. The highest BCUT2D eigenvalue weighted by molar-refractivity contribution is 7.92. The van der Waals surface area contributed by atoms with E-state index in [1.54, 1.807) is 51.1 Å². The van der Waals surface area contributed by atoms with Crippen LogP contribution in [0.1, 0.15) is 31.1 Å². The van der Waals surface area contributed by atoms with Gasteiger partial charge in [0.15, 0.2) is 0 Å². The molecule has 1 aromatic heterocycles. The van der Waals surface area contributed by atoms with Gasteiger partial charge >= 0.3 is 6.09 Å². The van der Waals surface area contributed by atoms with Gasteiger partial charge in [-0.3, -0.25) is 10.1 Å². The Hall–Kier alpha value is -4.28. The normalized spacial score (nSPS) is 12.7. The quantitative estimate of drug-likeness (QED) is 0.217. The molecule has 11 heteroatoms. The number of nitrogens with one attached hydrogen (secondary N) is 3. The molecule has 4 rings (SSSR count). The summed E-state index contributed by atoms with van der Waals surface area (Å²) in [6.07, 6.45) is 0.610. The van der Waals surface area contributed by atoms with Crippen LogP contribution in [0.4, 0.5) is 20.6 Å². The van der Waals surface area contributed by atoms with Crippen LogP contribution in [0.5, 0.6) is 0 Å². The van der Waals surface area contributed by atoms with Crippen molar-refractivity contribution in [2.24, 2.45) is 0 Å². The van der Waals surface area contributed by atoms with E-state index in [-0.39, 0.29) is 32.7 Å². The number of carbonyl (C=O) groups excluding carboxylic acids is 2. The highest BCUT2D eigenvalue weighted by atomic mass is 35.5. The van der Waals surface area contributed by atoms with E-state index in [2.05, 4.69) is 15.6 Å². The molecule has 0 aliphatic rings. The molecule has 206 valence electrons. The van der Waals surface area contributed by atoms with Gasteiger partial charge in [-0.2, -0.15) is 0 Å². The molecule has 0 bridgehead atoms. The summed E-state index contributed by atoms with van der Waals surface area (Å²) in [5, 5.41) is 5.83. The Bertz CT molecular complexity index is 1650. The standard InChI is InChI=1S/C29H26ClFN4O4S/c1-29(2,3)39-28(37)35-24-14-8-20(18-4-10-22(31)11-5-18)16-25(24)34-27(36)19-6-12-23(13-7-19)40(32,38)26-15-9-21(30)17-33-26/h4-17,32H,1-3H3,(H,34,36)(H,35,37). The molecule has 8 nitrogen and oxygen atoms in total. The van der Waals surface area contributed by atoms with Crippen LogP contribution in [0.15, 0.2) is 95.0 Å². The fourth-order valence-electron chi connectivity index (χ4n) is 3.64. The van der Waals surface area contributed by atoms with Crippen LogP contribution in [0.2, 0.25) is 5.02 Å². The summed E-state index contributed by atoms with van der Waals surface area (Å²) < 4.78 is 40.2. The van der Waals surface area contributed by atoms with Crippen molar-refractivity contribution < 1.29 is 22.9 Å². The summed E-state index contributed by atoms with van der Waals surface area (Å²) in [5.74, 6) is -0.900. The van der Waals surface area contributed by atoms with E-state index in [9.17, 15) is 18.2 Å². The van der Waals surface area contributed by atoms with Crippen molar-refractivity contribution in [3.63, 3.8) is 0 Å². The maximum absolute atomic E-state index is 13.4. The lowest BCUT2D eigenvalue weighted by atomic mass is 10.0. The topological polar surface area (TPSA) is 121 Å². The van der Waals surface area contributed by atoms with Gasteiger partial charge in [0.25, 0.3) is 5.91 Å². The van der Waals surface area contributed by atoms with Gasteiger partial charge in [0.2, 0.25) is 0 Å². The number of anilines is 2. The molecule has 3 aromatic carbocycles. The number of nitrogens with zero attached hydrogens (tertiary/aromatic N) is 1. The van der Waals surface area contributed by atoms with Crippen LogP contribution < -0.4 is 10.6 Å². The first-order chi connectivity index (χ1) is 18.8. The van der Waals surface area contributed by atoms with Crippen molar-refractivity contribution >= 4 is 44.7 Å². The zero-order chi connectivity index (χ0) is 29.1. The molecule has 0 fully saturated rings. The molecule has 0 saturated carbocycles. The number of carbonyl (C=O) groups is 2. The number of benzene rings is 3. The second-order valence-electron chi connectivity index (χ2n) is 9.74. The Balaban J connectivity index is 1.61. The minimum absolute atomic E-state index is 0.0459. The van der Waals surface area contributed by atoms with Gasteiger partial charge in [-0.15, -0.1) is 0 Å².